The number of carbonyl (C=O) groups excluding carboxylic acids is 1. The second-order valence-electron chi connectivity index (χ2n) is 7.92. The maximum absolute atomic E-state index is 13.6. The summed E-state index contributed by atoms with van der Waals surface area (Å²) in [6.45, 7) is 3.93. The Morgan fingerprint density at radius 3 is 2.64 bits per heavy atom. The van der Waals surface area contributed by atoms with Gasteiger partial charge in [0.05, 0.1) is 11.4 Å². The van der Waals surface area contributed by atoms with E-state index >= 15 is 0 Å². The van der Waals surface area contributed by atoms with Crippen molar-refractivity contribution in [3.8, 4) is 5.69 Å². The quantitative estimate of drug-likeness (QED) is 0.282. The third-order valence-corrected chi connectivity index (χ3v) is 6.42. The molecule has 0 aliphatic rings. The summed E-state index contributed by atoms with van der Waals surface area (Å²) in [6.07, 6.45) is 0. The number of hydrogen-bond acceptors (Lipinski definition) is 4. The van der Waals surface area contributed by atoms with E-state index < -0.39 is 0 Å². The molecule has 33 heavy (non-hydrogen) atoms. The Bertz CT molecular complexity index is 1570. The van der Waals surface area contributed by atoms with Crippen LogP contribution in [0.25, 0.3) is 27.6 Å². The van der Waals surface area contributed by atoms with E-state index in [1.54, 1.807) is 4.57 Å². The van der Waals surface area contributed by atoms with Crippen molar-refractivity contribution >= 4 is 45.3 Å². The average molecular weight is 455 g/mol. The molecule has 0 atom stereocenters. The van der Waals surface area contributed by atoms with Crippen LogP contribution in [-0.2, 0) is 4.79 Å². The highest BCUT2D eigenvalue weighted by atomic mass is 32.2. The Hall–Kier alpha value is -3.84. The van der Waals surface area contributed by atoms with Gasteiger partial charge in [-0.05, 0) is 49.2 Å². The molecule has 3 aromatic carbocycles. The molecule has 7 heteroatoms. The van der Waals surface area contributed by atoms with Crippen molar-refractivity contribution in [1.29, 1.82) is 0 Å². The first-order valence-corrected chi connectivity index (χ1v) is 11.6. The molecule has 0 fully saturated rings. The number of aryl methyl sites for hydroxylation is 2. The molecular formula is C26H22N4O2S. The number of fused-ring (bicyclic) bond motifs is 3. The van der Waals surface area contributed by atoms with E-state index in [1.807, 2.05) is 86.6 Å². The fraction of sp³-hybridized carbons (Fsp3) is 0.115. The van der Waals surface area contributed by atoms with Gasteiger partial charge in [0.15, 0.2) is 5.16 Å². The van der Waals surface area contributed by atoms with Crippen LogP contribution in [0.5, 0.6) is 0 Å². The minimum absolute atomic E-state index is 0.125. The third-order valence-electron chi connectivity index (χ3n) is 5.48. The standard InChI is InChI=1S/C26H22N4O2S/c1-16-8-7-10-18(14-16)27-22(31)15-33-26-29-23-19-11-4-5-12-20(19)28-24(23)25(32)30(26)21-13-6-3-9-17(21)2/h3-14,28H,15H2,1-2H3,(H,27,31). The average Bonchev–Trinajstić information content (AvgIpc) is 3.18. The van der Waals surface area contributed by atoms with E-state index in [4.69, 9.17) is 4.98 Å². The van der Waals surface area contributed by atoms with Gasteiger partial charge in [0.25, 0.3) is 5.56 Å². The van der Waals surface area contributed by atoms with Gasteiger partial charge >= 0.3 is 0 Å². The summed E-state index contributed by atoms with van der Waals surface area (Å²) in [6, 6.07) is 23.0. The molecule has 6 nitrogen and oxygen atoms in total. The molecule has 2 N–H and O–H groups in total. The van der Waals surface area contributed by atoms with Crippen molar-refractivity contribution in [1.82, 2.24) is 14.5 Å². The number of hydrogen-bond donors (Lipinski definition) is 2. The number of aromatic amines is 1. The maximum Gasteiger partial charge on any atom is 0.283 e. The van der Waals surface area contributed by atoms with Gasteiger partial charge < -0.3 is 10.3 Å². The molecule has 0 saturated carbocycles. The third kappa shape index (κ3) is 4.03. The molecule has 0 radical (unpaired) electrons. The molecular weight excluding hydrogens is 432 g/mol. The number of para-hydroxylation sites is 2. The number of rotatable bonds is 5. The van der Waals surface area contributed by atoms with Crippen LogP contribution in [0.3, 0.4) is 0 Å². The number of amides is 1. The van der Waals surface area contributed by atoms with Gasteiger partial charge in [0, 0.05) is 16.6 Å². The molecule has 0 bridgehead atoms. The normalized spacial score (nSPS) is 11.2. The van der Waals surface area contributed by atoms with Crippen LogP contribution in [-0.4, -0.2) is 26.2 Å². The lowest BCUT2D eigenvalue weighted by atomic mass is 10.2. The van der Waals surface area contributed by atoms with E-state index in [1.165, 1.54) is 11.8 Å². The number of benzene rings is 3. The first-order valence-electron chi connectivity index (χ1n) is 10.6. The number of nitrogens with zero attached hydrogens (tertiary/aromatic N) is 2. The number of aromatic nitrogens is 3. The molecule has 0 aliphatic heterocycles. The highest BCUT2D eigenvalue weighted by Crippen LogP contribution is 2.27. The van der Waals surface area contributed by atoms with Gasteiger partial charge in [0.1, 0.15) is 11.0 Å². The summed E-state index contributed by atoms with van der Waals surface area (Å²) in [5.41, 5.74) is 5.24. The summed E-state index contributed by atoms with van der Waals surface area (Å²) in [5, 5.41) is 4.28. The zero-order valence-corrected chi connectivity index (χ0v) is 19.1. The second kappa shape index (κ2) is 8.60. The van der Waals surface area contributed by atoms with E-state index in [9.17, 15) is 9.59 Å². The van der Waals surface area contributed by atoms with Gasteiger partial charge in [-0.2, -0.15) is 0 Å². The minimum Gasteiger partial charge on any atom is -0.349 e. The monoisotopic (exact) mass is 454 g/mol. The number of thioether (sulfide) groups is 1. The lowest BCUT2D eigenvalue weighted by Gasteiger charge is -2.14. The van der Waals surface area contributed by atoms with Gasteiger partial charge in [-0.25, -0.2) is 4.98 Å². The van der Waals surface area contributed by atoms with Gasteiger partial charge in [-0.15, -0.1) is 0 Å². The van der Waals surface area contributed by atoms with Crippen LogP contribution in [0.2, 0.25) is 0 Å². The molecule has 5 aromatic rings. The lowest BCUT2D eigenvalue weighted by Crippen LogP contribution is -2.23. The number of carbonyl (C=O) groups is 1. The van der Waals surface area contributed by atoms with Crippen LogP contribution >= 0.6 is 11.8 Å². The minimum atomic E-state index is -0.188. The van der Waals surface area contributed by atoms with Gasteiger partial charge in [-0.1, -0.05) is 60.3 Å². The Kier molecular flexibility index (Phi) is 5.48. The lowest BCUT2D eigenvalue weighted by molar-refractivity contribution is -0.113. The van der Waals surface area contributed by atoms with Crippen LogP contribution in [0.4, 0.5) is 5.69 Å². The van der Waals surface area contributed by atoms with Crippen molar-refractivity contribution in [3.63, 3.8) is 0 Å². The molecule has 0 unspecified atom stereocenters. The molecule has 164 valence electrons. The summed E-state index contributed by atoms with van der Waals surface area (Å²) in [7, 11) is 0. The molecule has 1 amide bonds. The molecule has 0 spiro atoms. The van der Waals surface area contributed by atoms with Crippen molar-refractivity contribution < 1.29 is 4.79 Å². The molecule has 2 heterocycles. The number of H-pyrrole nitrogens is 1. The fourth-order valence-corrected chi connectivity index (χ4v) is 4.71. The predicted octanol–water partition coefficient (Wildman–Crippen LogP) is 5.21. The Labute approximate surface area is 194 Å². The van der Waals surface area contributed by atoms with Gasteiger partial charge in [-0.3, -0.25) is 14.2 Å². The fourth-order valence-electron chi connectivity index (χ4n) is 3.92. The van der Waals surface area contributed by atoms with Crippen molar-refractivity contribution in [2.75, 3.05) is 11.1 Å². The first-order chi connectivity index (χ1) is 16.0. The molecule has 0 aliphatic carbocycles. The summed E-state index contributed by atoms with van der Waals surface area (Å²) < 4.78 is 1.59. The van der Waals surface area contributed by atoms with Crippen molar-refractivity contribution in [3.05, 3.63) is 94.3 Å². The highest BCUT2D eigenvalue weighted by Gasteiger charge is 2.19. The van der Waals surface area contributed by atoms with Crippen LogP contribution in [0, 0.1) is 13.8 Å². The van der Waals surface area contributed by atoms with Crippen LogP contribution in [0.1, 0.15) is 11.1 Å². The first kappa shape index (κ1) is 21.0. The molecule has 5 rings (SSSR count). The zero-order valence-electron chi connectivity index (χ0n) is 18.3. The van der Waals surface area contributed by atoms with E-state index in [0.29, 0.717) is 16.2 Å². The molecule has 0 saturated heterocycles. The largest absolute Gasteiger partial charge is 0.349 e. The topological polar surface area (TPSA) is 79.8 Å². The van der Waals surface area contributed by atoms with Crippen molar-refractivity contribution in [2.45, 2.75) is 19.0 Å². The van der Waals surface area contributed by atoms with E-state index in [2.05, 4.69) is 10.3 Å². The zero-order chi connectivity index (χ0) is 22.9. The molecule has 2 aromatic heterocycles. The Morgan fingerprint density at radius 1 is 1.03 bits per heavy atom. The maximum atomic E-state index is 13.6. The summed E-state index contributed by atoms with van der Waals surface area (Å²) >= 11 is 1.25. The SMILES string of the molecule is Cc1cccc(NC(=O)CSc2nc3c([nH]c4ccccc43)c(=O)n2-c2ccccc2C)c1. The van der Waals surface area contributed by atoms with Crippen LogP contribution < -0.4 is 10.9 Å². The Morgan fingerprint density at radius 2 is 1.82 bits per heavy atom. The Balaban J connectivity index is 1.58. The van der Waals surface area contributed by atoms with Crippen LogP contribution in [0.15, 0.2) is 82.7 Å². The van der Waals surface area contributed by atoms with E-state index in [-0.39, 0.29) is 17.2 Å². The number of anilines is 1. The van der Waals surface area contributed by atoms with Crippen molar-refractivity contribution in [2.24, 2.45) is 0 Å². The number of nitrogens with one attached hydrogen (secondary N) is 2. The summed E-state index contributed by atoms with van der Waals surface area (Å²) in [4.78, 5) is 34.4. The predicted molar refractivity (Wildman–Crippen MR) is 134 cm³/mol. The smallest absolute Gasteiger partial charge is 0.283 e. The van der Waals surface area contributed by atoms with E-state index in [0.717, 1.165) is 33.4 Å². The second-order valence-corrected chi connectivity index (χ2v) is 8.86. The summed E-state index contributed by atoms with van der Waals surface area (Å²) in [5.74, 6) is -0.0321. The highest BCUT2D eigenvalue weighted by molar-refractivity contribution is 7.99. The van der Waals surface area contributed by atoms with Gasteiger partial charge in [0.2, 0.25) is 5.91 Å².